The van der Waals surface area contributed by atoms with E-state index in [1.807, 2.05) is 6.92 Å². The van der Waals surface area contributed by atoms with Crippen molar-refractivity contribution in [2.24, 2.45) is 5.73 Å². The predicted octanol–water partition coefficient (Wildman–Crippen LogP) is 1.24. The van der Waals surface area contributed by atoms with Crippen molar-refractivity contribution in [3.05, 3.63) is 35.6 Å². The molecule has 0 fully saturated rings. The molecule has 1 aromatic carbocycles. The highest BCUT2D eigenvalue weighted by Gasteiger charge is 2.16. The number of nitrogens with zero attached hydrogens (tertiary/aromatic N) is 1. The van der Waals surface area contributed by atoms with Crippen LogP contribution in [0.15, 0.2) is 24.3 Å². The minimum atomic E-state index is -0.408. The molecule has 0 aliphatic carbocycles. The molecular weight excluding hydrogens is 195 g/mol. The largest absolute Gasteiger partial charge is 0.338 e. The fourth-order valence-corrected chi connectivity index (χ4v) is 1.18. The number of amides is 1. The van der Waals surface area contributed by atoms with E-state index in [2.05, 4.69) is 0 Å². The second-order valence-corrected chi connectivity index (χ2v) is 3.51. The molecule has 0 aliphatic rings. The van der Waals surface area contributed by atoms with E-state index in [0.717, 1.165) is 0 Å². The minimum Gasteiger partial charge on any atom is -0.338 e. The van der Waals surface area contributed by atoms with Crippen LogP contribution in [0.2, 0.25) is 0 Å². The van der Waals surface area contributed by atoms with Gasteiger partial charge in [-0.25, -0.2) is 4.39 Å². The van der Waals surface area contributed by atoms with Gasteiger partial charge in [0.25, 0.3) is 5.91 Å². The maximum Gasteiger partial charge on any atom is 0.253 e. The van der Waals surface area contributed by atoms with Crippen LogP contribution in [0.3, 0.4) is 0 Å². The third-order valence-electron chi connectivity index (χ3n) is 2.39. The molecule has 1 rings (SSSR count). The van der Waals surface area contributed by atoms with Gasteiger partial charge < -0.3 is 10.6 Å². The molecule has 0 saturated carbocycles. The molecule has 15 heavy (non-hydrogen) atoms. The van der Waals surface area contributed by atoms with Crippen molar-refractivity contribution < 1.29 is 9.18 Å². The normalized spacial score (nSPS) is 12.3. The first-order valence-electron chi connectivity index (χ1n) is 4.79. The zero-order valence-electron chi connectivity index (χ0n) is 8.90. The van der Waals surface area contributed by atoms with Crippen LogP contribution in [0.25, 0.3) is 0 Å². The van der Waals surface area contributed by atoms with Crippen molar-refractivity contribution in [1.29, 1.82) is 0 Å². The predicted molar refractivity (Wildman–Crippen MR) is 57.0 cm³/mol. The van der Waals surface area contributed by atoms with Gasteiger partial charge in [0.2, 0.25) is 0 Å². The van der Waals surface area contributed by atoms with Gasteiger partial charge in [0.05, 0.1) is 0 Å². The number of likely N-dealkylation sites (N-methyl/N-ethyl adjacent to an activating group) is 1. The summed E-state index contributed by atoms with van der Waals surface area (Å²) in [5.41, 5.74) is 5.80. The topological polar surface area (TPSA) is 46.3 Å². The maximum atomic E-state index is 12.9. The van der Waals surface area contributed by atoms with Crippen LogP contribution in [-0.2, 0) is 0 Å². The molecule has 0 heterocycles. The summed E-state index contributed by atoms with van der Waals surface area (Å²) >= 11 is 0. The number of carbonyl (C=O) groups is 1. The molecule has 1 atom stereocenters. The van der Waals surface area contributed by atoms with Crippen LogP contribution >= 0.6 is 0 Å². The number of hydrogen-bond acceptors (Lipinski definition) is 2. The Bertz CT molecular complexity index is 354. The first-order chi connectivity index (χ1) is 7.06. The zero-order chi connectivity index (χ0) is 11.4. The van der Waals surface area contributed by atoms with E-state index in [1.54, 1.807) is 13.1 Å². The average Bonchev–Trinajstić information content (AvgIpc) is 2.26. The van der Waals surface area contributed by atoms with Crippen molar-refractivity contribution in [3.8, 4) is 0 Å². The van der Waals surface area contributed by atoms with Gasteiger partial charge in [0, 0.05) is 25.2 Å². The summed E-state index contributed by atoms with van der Waals surface area (Å²) in [6, 6.07) is 5.58. The van der Waals surface area contributed by atoms with E-state index in [4.69, 9.17) is 5.73 Å². The first-order valence-corrected chi connectivity index (χ1v) is 4.79. The maximum absolute atomic E-state index is 12.9. The lowest BCUT2D eigenvalue weighted by molar-refractivity contribution is 0.0748. The SMILES string of the molecule is CC(CN)N(C)C(=O)c1cccc(F)c1. The molecule has 0 bridgehead atoms. The van der Waals surface area contributed by atoms with Crippen molar-refractivity contribution in [3.63, 3.8) is 0 Å². The fourth-order valence-electron chi connectivity index (χ4n) is 1.18. The van der Waals surface area contributed by atoms with E-state index in [0.29, 0.717) is 12.1 Å². The summed E-state index contributed by atoms with van der Waals surface area (Å²) in [6.07, 6.45) is 0. The molecule has 1 unspecified atom stereocenters. The van der Waals surface area contributed by atoms with Crippen LogP contribution in [0, 0.1) is 5.82 Å². The number of halogens is 1. The number of carbonyl (C=O) groups excluding carboxylic acids is 1. The number of nitrogens with two attached hydrogens (primary N) is 1. The molecule has 0 saturated heterocycles. The highest BCUT2D eigenvalue weighted by Crippen LogP contribution is 2.08. The van der Waals surface area contributed by atoms with E-state index >= 15 is 0 Å². The van der Waals surface area contributed by atoms with Crippen molar-refractivity contribution in [1.82, 2.24) is 4.90 Å². The van der Waals surface area contributed by atoms with Gasteiger partial charge >= 0.3 is 0 Å². The second kappa shape index (κ2) is 4.89. The molecule has 1 amide bonds. The Morgan fingerprint density at radius 3 is 2.80 bits per heavy atom. The highest BCUT2D eigenvalue weighted by molar-refractivity contribution is 5.94. The van der Waals surface area contributed by atoms with Crippen LogP contribution in [0.5, 0.6) is 0 Å². The molecular formula is C11H15FN2O. The number of rotatable bonds is 3. The summed E-state index contributed by atoms with van der Waals surface area (Å²) in [4.78, 5) is 13.3. The smallest absolute Gasteiger partial charge is 0.253 e. The van der Waals surface area contributed by atoms with Crippen molar-refractivity contribution in [2.45, 2.75) is 13.0 Å². The first kappa shape index (κ1) is 11.7. The van der Waals surface area contributed by atoms with Gasteiger partial charge in [-0.05, 0) is 25.1 Å². The average molecular weight is 210 g/mol. The standard InChI is InChI=1S/C11H15FN2O/c1-8(7-13)14(2)11(15)9-4-3-5-10(12)6-9/h3-6,8H,7,13H2,1-2H3. The Kier molecular flexibility index (Phi) is 3.80. The van der Waals surface area contributed by atoms with Gasteiger partial charge in [-0.1, -0.05) is 6.07 Å². The zero-order valence-corrected chi connectivity index (χ0v) is 8.90. The van der Waals surface area contributed by atoms with Crippen molar-refractivity contribution >= 4 is 5.91 Å². The van der Waals surface area contributed by atoms with Gasteiger partial charge in [-0.3, -0.25) is 4.79 Å². The Hall–Kier alpha value is -1.42. The van der Waals surface area contributed by atoms with Crippen LogP contribution < -0.4 is 5.73 Å². The highest BCUT2D eigenvalue weighted by atomic mass is 19.1. The molecule has 3 nitrogen and oxygen atoms in total. The third-order valence-corrected chi connectivity index (χ3v) is 2.39. The Labute approximate surface area is 88.7 Å². The Morgan fingerprint density at radius 2 is 2.27 bits per heavy atom. The summed E-state index contributed by atoms with van der Waals surface area (Å²) in [7, 11) is 1.66. The van der Waals surface area contributed by atoms with Crippen molar-refractivity contribution in [2.75, 3.05) is 13.6 Å². The lowest BCUT2D eigenvalue weighted by Gasteiger charge is -2.23. The van der Waals surface area contributed by atoms with E-state index in [-0.39, 0.29) is 11.9 Å². The summed E-state index contributed by atoms with van der Waals surface area (Å²) in [5.74, 6) is -0.623. The Morgan fingerprint density at radius 1 is 1.60 bits per heavy atom. The van der Waals surface area contributed by atoms with Crippen LogP contribution in [0.1, 0.15) is 17.3 Å². The fraction of sp³-hybridized carbons (Fsp3) is 0.364. The van der Waals surface area contributed by atoms with E-state index < -0.39 is 5.82 Å². The molecule has 0 aliphatic heterocycles. The van der Waals surface area contributed by atoms with E-state index in [9.17, 15) is 9.18 Å². The Balaban J connectivity index is 2.85. The van der Waals surface area contributed by atoms with Gasteiger partial charge in [0.15, 0.2) is 0 Å². The van der Waals surface area contributed by atoms with Gasteiger partial charge in [-0.15, -0.1) is 0 Å². The molecule has 4 heteroatoms. The molecule has 0 aromatic heterocycles. The molecule has 2 N–H and O–H groups in total. The molecule has 0 radical (unpaired) electrons. The number of benzene rings is 1. The summed E-state index contributed by atoms with van der Waals surface area (Å²) < 4.78 is 12.9. The third kappa shape index (κ3) is 2.76. The monoisotopic (exact) mass is 210 g/mol. The van der Waals surface area contributed by atoms with Crippen LogP contribution in [0.4, 0.5) is 4.39 Å². The van der Waals surface area contributed by atoms with Gasteiger partial charge in [-0.2, -0.15) is 0 Å². The quantitative estimate of drug-likeness (QED) is 0.816. The van der Waals surface area contributed by atoms with Gasteiger partial charge in [0.1, 0.15) is 5.82 Å². The molecule has 1 aromatic rings. The lowest BCUT2D eigenvalue weighted by Crippen LogP contribution is -2.39. The van der Waals surface area contributed by atoms with Crippen LogP contribution in [-0.4, -0.2) is 30.4 Å². The second-order valence-electron chi connectivity index (χ2n) is 3.51. The summed E-state index contributed by atoms with van der Waals surface area (Å²) in [6.45, 7) is 2.23. The lowest BCUT2D eigenvalue weighted by atomic mass is 10.1. The minimum absolute atomic E-state index is 0.0548. The number of hydrogen-bond donors (Lipinski definition) is 1. The molecule has 82 valence electrons. The van der Waals surface area contributed by atoms with E-state index in [1.165, 1.54) is 23.1 Å². The summed E-state index contributed by atoms with van der Waals surface area (Å²) in [5, 5.41) is 0. The molecule has 0 spiro atoms.